The molecule has 2 unspecified atom stereocenters. The van der Waals surface area contributed by atoms with Crippen molar-refractivity contribution in [3.63, 3.8) is 0 Å². The summed E-state index contributed by atoms with van der Waals surface area (Å²) in [5.74, 6) is 0. The number of hydrogen-bond acceptors (Lipinski definition) is 2. The normalized spacial score (nSPS) is 34.9. The van der Waals surface area contributed by atoms with Crippen molar-refractivity contribution in [2.24, 2.45) is 5.41 Å². The molecule has 1 N–H and O–H groups in total. The smallest absolute Gasteiger partial charge is 0.0209 e. The van der Waals surface area contributed by atoms with E-state index < -0.39 is 0 Å². The van der Waals surface area contributed by atoms with Gasteiger partial charge in [-0.2, -0.15) is 0 Å². The highest BCUT2D eigenvalue weighted by molar-refractivity contribution is 5.03. The van der Waals surface area contributed by atoms with Gasteiger partial charge in [0.15, 0.2) is 0 Å². The Bertz CT molecular complexity index is 177. The van der Waals surface area contributed by atoms with E-state index in [4.69, 9.17) is 0 Å². The minimum Gasteiger partial charge on any atom is -0.309 e. The van der Waals surface area contributed by atoms with E-state index in [2.05, 4.69) is 31.1 Å². The predicted octanol–water partition coefficient (Wildman–Crippen LogP) is 2.10. The average Bonchev–Trinajstić information content (AvgIpc) is 2.56. The van der Waals surface area contributed by atoms with Crippen molar-refractivity contribution in [1.29, 1.82) is 0 Å². The minimum atomic E-state index is 0.584. The fourth-order valence-electron chi connectivity index (χ4n) is 2.11. The molecule has 0 aromatic rings. The molecule has 2 rings (SSSR count). The first-order chi connectivity index (χ1) is 6.58. The predicted molar refractivity (Wildman–Crippen MR) is 62.6 cm³/mol. The monoisotopic (exact) mass is 198 g/mol. The van der Waals surface area contributed by atoms with E-state index in [1.54, 1.807) is 0 Å². The van der Waals surface area contributed by atoms with Crippen LogP contribution in [0.3, 0.4) is 0 Å². The molecule has 1 heterocycles. The zero-order chi connectivity index (χ0) is 10.8. The van der Waals surface area contributed by atoms with Crippen LogP contribution in [-0.2, 0) is 0 Å². The van der Waals surface area contributed by atoms with Crippen LogP contribution >= 0.6 is 0 Å². The number of likely N-dealkylation sites (tertiary alicyclic amines) is 1. The Morgan fingerprint density at radius 3 is 2.21 bits per heavy atom. The van der Waals surface area contributed by atoms with Crippen LogP contribution in [0.2, 0.25) is 0 Å². The molecule has 0 bridgehead atoms. The lowest BCUT2D eigenvalue weighted by atomic mass is 10.1. The molecule has 0 spiro atoms. The second-order valence-corrected chi connectivity index (χ2v) is 5.16. The van der Waals surface area contributed by atoms with E-state index in [0.29, 0.717) is 5.41 Å². The number of likely N-dealkylation sites (N-methyl/N-ethyl adjacent to an activating group) is 1. The first-order valence-corrected chi connectivity index (χ1v) is 6.02. The SMILES string of the molecule is CC.CN1CCC(NC2CC2(C)C)C1. The number of rotatable bonds is 2. The maximum atomic E-state index is 3.73. The fraction of sp³-hybridized carbons (Fsp3) is 1.00. The Morgan fingerprint density at radius 1 is 1.29 bits per heavy atom. The van der Waals surface area contributed by atoms with Gasteiger partial charge in [0.05, 0.1) is 0 Å². The highest BCUT2D eigenvalue weighted by atomic mass is 15.2. The lowest BCUT2D eigenvalue weighted by molar-refractivity contribution is 0.390. The molecule has 1 saturated carbocycles. The quantitative estimate of drug-likeness (QED) is 0.731. The summed E-state index contributed by atoms with van der Waals surface area (Å²) in [4.78, 5) is 2.41. The van der Waals surface area contributed by atoms with Crippen molar-refractivity contribution in [2.45, 2.75) is 52.6 Å². The van der Waals surface area contributed by atoms with Gasteiger partial charge in [-0.15, -0.1) is 0 Å². The maximum absolute atomic E-state index is 3.73. The number of nitrogens with one attached hydrogen (secondary N) is 1. The van der Waals surface area contributed by atoms with Gasteiger partial charge in [-0.05, 0) is 31.8 Å². The summed E-state index contributed by atoms with van der Waals surface area (Å²) < 4.78 is 0. The van der Waals surface area contributed by atoms with Crippen LogP contribution in [-0.4, -0.2) is 37.1 Å². The highest BCUT2D eigenvalue weighted by Gasteiger charge is 2.46. The Kier molecular flexibility index (Phi) is 3.96. The van der Waals surface area contributed by atoms with E-state index in [-0.39, 0.29) is 0 Å². The molecular weight excluding hydrogens is 172 g/mol. The second kappa shape index (κ2) is 4.63. The standard InChI is InChI=1S/C10H20N2.C2H6/c1-10(2)6-9(10)11-8-4-5-12(3)7-8;1-2/h8-9,11H,4-7H2,1-3H3;1-2H3. The molecule has 0 aromatic heterocycles. The minimum absolute atomic E-state index is 0.584. The fourth-order valence-corrected chi connectivity index (χ4v) is 2.11. The van der Waals surface area contributed by atoms with Crippen molar-refractivity contribution in [2.75, 3.05) is 20.1 Å². The highest BCUT2D eigenvalue weighted by Crippen LogP contribution is 2.45. The van der Waals surface area contributed by atoms with Gasteiger partial charge in [-0.1, -0.05) is 27.7 Å². The van der Waals surface area contributed by atoms with Gasteiger partial charge >= 0.3 is 0 Å². The lowest BCUT2D eigenvalue weighted by Gasteiger charge is -2.13. The van der Waals surface area contributed by atoms with Crippen molar-refractivity contribution < 1.29 is 0 Å². The molecular formula is C12H26N2. The molecule has 2 aliphatic rings. The Balaban J connectivity index is 0.000000461. The molecule has 2 fully saturated rings. The average molecular weight is 198 g/mol. The van der Waals surface area contributed by atoms with Gasteiger partial charge in [0.2, 0.25) is 0 Å². The molecule has 84 valence electrons. The Labute approximate surface area is 89.1 Å². The van der Waals surface area contributed by atoms with Gasteiger partial charge in [-0.3, -0.25) is 0 Å². The summed E-state index contributed by atoms with van der Waals surface area (Å²) in [5.41, 5.74) is 0.584. The zero-order valence-corrected chi connectivity index (χ0v) is 10.4. The topological polar surface area (TPSA) is 15.3 Å². The summed E-state index contributed by atoms with van der Waals surface area (Å²) >= 11 is 0. The van der Waals surface area contributed by atoms with E-state index in [1.165, 1.54) is 25.9 Å². The zero-order valence-electron chi connectivity index (χ0n) is 10.4. The van der Waals surface area contributed by atoms with Gasteiger partial charge in [0, 0.05) is 18.6 Å². The van der Waals surface area contributed by atoms with Gasteiger partial charge in [0.25, 0.3) is 0 Å². The summed E-state index contributed by atoms with van der Waals surface area (Å²) in [5, 5.41) is 3.73. The van der Waals surface area contributed by atoms with Crippen LogP contribution in [0.25, 0.3) is 0 Å². The summed E-state index contributed by atoms with van der Waals surface area (Å²) in [6, 6.07) is 1.57. The van der Waals surface area contributed by atoms with Crippen LogP contribution in [0.4, 0.5) is 0 Å². The molecule has 2 heteroatoms. The first kappa shape index (κ1) is 12.0. The number of nitrogens with zero attached hydrogens (tertiary/aromatic N) is 1. The van der Waals surface area contributed by atoms with Crippen LogP contribution < -0.4 is 5.32 Å². The summed E-state index contributed by atoms with van der Waals surface area (Å²) in [6.45, 7) is 11.2. The van der Waals surface area contributed by atoms with E-state index in [1.807, 2.05) is 13.8 Å². The molecule has 14 heavy (non-hydrogen) atoms. The molecule has 1 aliphatic carbocycles. The first-order valence-electron chi connectivity index (χ1n) is 6.02. The lowest BCUT2D eigenvalue weighted by Crippen LogP contribution is -2.34. The van der Waals surface area contributed by atoms with Crippen LogP contribution in [0.15, 0.2) is 0 Å². The Morgan fingerprint density at radius 2 is 1.86 bits per heavy atom. The van der Waals surface area contributed by atoms with Crippen molar-refractivity contribution in [3.05, 3.63) is 0 Å². The number of hydrogen-bond donors (Lipinski definition) is 1. The summed E-state index contributed by atoms with van der Waals surface area (Å²) in [6.07, 6.45) is 2.70. The van der Waals surface area contributed by atoms with Crippen molar-refractivity contribution in [1.82, 2.24) is 10.2 Å². The molecule has 0 aromatic carbocycles. The van der Waals surface area contributed by atoms with E-state index >= 15 is 0 Å². The second-order valence-electron chi connectivity index (χ2n) is 5.16. The third-order valence-corrected chi connectivity index (χ3v) is 3.34. The van der Waals surface area contributed by atoms with E-state index in [9.17, 15) is 0 Å². The van der Waals surface area contributed by atoms with Crippen LogP contribution in [0, 0.1) is 5.41 Å². The van der Waals surface area contributed by atoms with E-state index in [0.717, 1.165) is 12.1 Å². The third kappa shape index (κ3) is 2.96. The van der Waals surface area contributed by atoms with Gasteiger partial charge < -0.3 is 10.2 Å². The molecule has 1 aliphatic heterocycles. The Hall–Kier alpha value is -0.0800. The van der Waals surface area contributed by atoms with Crippen LogP contribution in [0.1, 0.15) is 40.5 Å². The molecule has 0 amide bonds. The molecule has 2 nitrogen and oxygen atoms in total. The van der Waals surface area contributed by atoms with Gasteiger partial charge in [-0.25, -0.2) is 0 Å². The molecule has 2 atom stereocenters. The largest absolute Gasteiger partial charge is 0.309 e. The van der Waals surface area contributed by atoms with Gasteiger partial charge in [0.1, 0.15) is 0 Å². The van der Waals surface area contributed by atoms with Crippen molar-refractivity contribution >= 4 is 0 Å². The summed E-state index contributed by atoms with van der Waals surface area (Å²) in [7, 11) is 2.21. The third-order valence-electron chi connectivity index (χ3n) is 3.34. The molecule has 0 radical (unpaired) electrons. The molecule has 1 saturated heterocycles. The van der Waals surface area contributed by atoms with Crippen LogP contribution in [0.5, 0.6) is 0 Å². The maximum Gasteiger partial charge on any atom is 0.0209 e. The van der Waals surface area contributed by atoms with Crippen molar-refractivity contribution in [3.8, 4) is 0 Å².